The van der Waals surface area contributed by atoms with Crippen molar-refractivity contribution in [3.8, 4) is 0 Å². The van der Waals surface area contributed by atoms with E-state index in [-0.39, 0.29) is 23.6 Å². The number of nitrogens with two attached hydrogens (primary N) is 1. The average Bonchev–Trinajstić information content (AvgIpc) is 3.20. The number of hydrogen-bond acceptors (Lipinski definition) is 9. The highest BCUT2D eigenvalue weighted by molar-refractivity contribution is 5.98. The first-order chi connectivity index (χ1) is 15.4. The number of nitrogens with one attached hydrogen (secondary N) is 2. The molecule has 10 nitrogen and oxygen atoms in total. The van der Waals surface area contributed by atoms with Crippen molar-refractivity contribution in [3.63, 3.8) is 0 Å². The Morgan fingerprint density at radius 3 is 2.69 bits per heavy atom. The molecule has 32 heavy (non-hydrogen) atoms. The maximum absolute atomic E-state index is 12.4. The Hall–Kier alpha value is -3.04. The number of nitrogens with zero attached hydrogens (tertiary/aromatic N) is 3. The molecular formula is C22H34N6O4. The number of hydrazone groups is 1. The minimum absolute atomic E-state index is 0.0221. The summed E-state index contributed by atoms with van der Waals surface area (Å²) in [5.41, 5.74) is 7.36. The largest absolute Gasteiger partial charge is 0.465 e. The highest BCUT2D eigenvalue weighted by atomic mass is 16.5. The van der Waals surface area contributed by atoms with E-state index in [1.54, 1.807) is 17.3 Å². The van der Waals surface area contributed by atoms with Crippen molar-refractivity contribution >= 4 is 29.8 Å². The summed E-state index contributed by atoms with van der Waals surface area (Å²) in [5, 5.41) is 12.5. The van der Waals surface area contributed by atoms with Crippen LogP contribution in [0.1, 0.15) is 67.4 Å². The monoisotopic (exact) mass is 446 g/mol. The number of pyridine rings is 1. The molecule has 3 rings (SSSR count). The van der Waals surface area contributed by atoms with E-state index in [0.29, 0.717) is 30.4 Å². The van der Waals surface area contributed by atoms with Crippen LogP contribution in [0.15, 0.2) is 11.2 Å². The van der Waals surface area contributed by atoms with E-state index in [0.717, 1.165) is 38.5 Å². The first kappa shape index (κ1) is 23.6. The number of rotatable bonds is 8. The molecule has 0 bridgehead atoms. The van der Waals surface area contributed by atoms with E-state index in [1.807, 2.05) is 7.05 Å². The number of carbonyl (C=O) groups excluding carboxylic acids is 2. The smallest absolute Gasteiger partial charge is 0.407 e. The predicted octanol–water partition coefficient (Wildman–Crippen LogP) is 2.71. The number of anilines is 2. The molecule has 1 aliphatic heterocycles. The fraction of sp³-hybridized carbons (Fsp3) is 0.636. The third kappa shape index (κ3) is 5.80. The van der Waals surface area contributed by atoms with Gasteiger partial charge in [0.2, 0.25) is 0 Å². The first-order valence-corrected chi connectivity index (χ1v) is 11.3. The van der Waals surface area contributed by atoms with Gasteiger partial charge >= 0.3 is 12.1 Å². The highest BCUT2D eigenvalue weighted by Gasteiger charge is 2.30. The molecule has 2 aliphatic rings. The summed E-state index contributed by atoms with van der Waals surface area (Å²) in [6.07, 6.45) is 6.99. The number of nitrogen functional groups attached to an aromatic ring is 1. The van der Waals surface area contributed by atoms with E-state index in [4.69, 9.17) is 20.2 Å². The lowest BCUT2D eigenvalue weighted by Crippen LogP contribution is -2.48. The van der Waals surface area contributed by atoms with Crippen molar-refractivity contribution in [1.29, 1.82) is 0 Å². The second kappa shape index (κ2) is 11.0. The third-order valence-electron chi connectivity index (χ3n) is 5.86. The van der Waals surface area contributed by atoms with Crippen LogP contribution >= 0.6 is 0 Å². The Balaban J connectivity index is 1.79. The number of carbonyl (C=O) groups is 2. The Labute approximate surface area is 188 Å². The van der Waals surface area contributed by atoms with Crippen molar-refractivity contribution in [2.24, 2.45) is 5.10 Å². The number of hydrogen-bond donors (Lipinski definition) is 3. The second-order valence-corrected chi connectivity index (χ2v) is 8.34. The van der Waals surface area contributed by atoms with Crippen LogP contribution < -0.4 is 16.4 Å². The van der Waals surface area contributed by atoms with Gasteiger partial charge in [-0.3, -0.25) is 5.01 Å². The summed E-state index contributed by atoms with van der Waals surface area (Å²) in [5.74, 6) is -0.135. The van der Waals surface area contributed by atoms with E-state index >= 15 is 0 Å². The van der Waals surface area contributed by atoms with Crippen LogP contribution in [-0.2, 0) is 9.47 Å². The molecule has 0 saturated heterocycles. The Morgan fingerprint density at radius 1 is 1.28 bits per heavy atom. The number of aromatic nitrogens is 1. The molecule has 4 N–H and O–H groups in total. The summed E-state index contributed by atoms with van der Waals surface area (Å²) >= 11 is 0. The van der Waals surface area contributed by atoms with Gasteiger partial charge in [0.15, 0.2) is 0 Å². The number of unbranched alkanes of at least 4 members (excludes halogenated alkanes) is 1. The maximum Gasteiger partial charge on any atom is 0.407 e. The molecule has 0 spiro atoms. The second-order valence-electron chi connectivity index (χ2n) is 8.34. The van der Waals surface area contributed by atoms with Gasteiger partial charge in [0.05, 0.1) is 37.1 Å². The van der Waals surface area contributed by atoms with Gasteiger partial charge in [-0.15, -0.1) is 0 Å². The number of likely N-dealkylation sites (N-methyl/N-ethyl adjacent to an activating group) is 1. The topological polar surface area (TPSA) is 131 Å². The molecule has 1 saturated carbocycles. The van der Waals surface area contributed by atoms with Crippen LogP contribution in [0.2, 0.25) is 0 Å². The van der Waals surface area contributed by atoms with Gasteiger partial charge in [-0.25, -0.2) is 14.6 Å². The minimum Gasteiger partial charge on any atom is -0.465 e. The maximum atomic E-state index is 12.4. The summed E-state index contributed by atoms with van der Waals surface area (Å²) in [4.78, 5) is 29.3. The molecule has 1 amide bonds. The van der Waals surface area contributed by atoms with Crippen molar-refractivity contribution < 1.29 is 19.1 Å². The molecule has 1 fully saturated rings. The molecule has 2 heterocycles. The zero-order valence-corrected chi connectivity index (χ0v) is 19.1. The predicted molar refractivity (Wildman–Crippen MR) is 123 cm³/mol. The van der Waals surface area contributed by atoms with Crippen LogP contribution in [-0.4, -0.2) is 67.7 Å². The lowest BCUT2D eigenvalue weighted by molar-refractivity contribution is 0.0599. The molecule has 1 aromatic heterocycles. The summed E-state index contributed by atoms with van der Waals surface area (Å²) in [6.45, 7) is 3.06. The molecule has 0 radical (unpaired) electrons. The van der Waals surface area contributed by atoms with Crippen LogP contribution in [0.4, 0.5) is 16.3 Å². The number of amides is 1. The zero-order valence-electron chi connectivity index (χ0n) is 19.1. The van der Waals surface area contributed by atoms with Gasteiger partial charge in [-0.1, -0.05) is 26.2 Å². The number of methoxy groups -OCH3 is 1. The Bertz CT molecular complexity index is 846. The average molecular weight is 447 g/mol. The third-order valence-corrected chi connectivity index (χ3v) is 5.86. The normalized spacial score (nSPS) is 22.5. The minimum atomic E-state index is -0.522. The Kier molecular flexibility index (Phi) is 8.13. The molecule has 1 aliphatic carbocycles. The number of ether oxygens (including phenoxy) is 2. The van der Waals surface area contributed by atoms with Crippen LogP contribution in [0.3, 0.4) is 0 Å². The zero-order chi connectivity index (χ0) is 23.1. The highest BCUT2D eigenvalue weighted by Crippen LogP contribution is 2.30. The van der Waals surface area contributed by atoms with Crippen molar-refractivity contribution in [1.82, 2.24) is 15.3 Å². The fourth-order valence-electron chi connectivity index (χ4n) is 4.15. The number of alkyl carbamates (subject to hydrolysis) is 1. The van der Waals surface area contributed by atoms with Crippen LogP contribution in [0.5, 0.6) is 0 Å². The van der Waals surface area contributed by atoms with Crippen molar-refractivity contribution in [2.45, 2.75) is 63.5 Å². The van der Waals surface area contributed by atoms with Gasteiger partial charge < -0.3 is 25.8 Å². The van der Waals surface area contributed by atoms with Crippen LogP contribution in [0.25, 0.3) is 0 Å². The van der Waals surface area contributed by atoms with Gasteiger partial charge in [-0.05, 0) is 19.3 Å². The van der Waals surface area contributed by atoms with E-state index in [1.165, 1.54) is 7.11 Å². The fourth-order valence-corrected chi connectivity index (χ4v) is 4.15. The van der Waals surface area contributed by atoms with Crippen molar-refractivity contribution in [2.75, 3.05) is 38.4 Å². The first-order valence-electron chi connectivity index (χ1n) is 11.3. The SMILES string of the molecule is CCCCOC(=O)N[C@H]1CCCC[C@H]1Nc1cc(N)c(C(=O)OC)c(C2C=NN(C)C2)n1. The summed E-state index contributed by atoms with van der Waals surface area (Å²) < 4.78 is 10.2. The molecule has 0 aromatic carbocycles. The Morgan fingerprint density at radius 2 is 2.03 bits per heavy atom. The number of esters is 1. The standard InChI is InChI=1S/C22H34N6O4/c1-4-5-10-32-22(30)26-17-9-7-6-8-16(17)25-18-11-15(23)19(21(29)31-3)20(27-18)14-12-24-28(2)13-14/h11-12,14,16-17H,4-10,13H2,1-3H3,(H,26,30)(H3,23,25,27)/t14?,16-,17+/m1/s1. The lowest BCUT2D eigenvalue weighted by atomic mass is 9.90. The molecule has 176 valence electrons. The molecule has 3 atom stereocenters. The molecule has 1 aromatic rings. The van der Waals surface area contributed by atoms with E-state index < -0.39 is 12.1 Å². The quantitative estimate of drug-likeness (QED) is 0.410. The van der Waals surface area contributed by atoms with Gasteiger partial charge in [0, 0.05) is 31.9 Å². The summed E-state index contributed by atoms with van der Waals surface area (Å²) in [6, 6.07) is 1.55. The van der Waals surface area contributed by atoms with Gasteiger partial charge in [-0.2, -0.15) is 5.10 Å². The van der Waals surface area contributed by atoms with Crippen LogP contribution in [0, 0.1) is 0 Å². The van der Waals surface area contributed by atoms with E-state index in [2.05, 4.69) is 22.7 Å². The van der Waals surface area contributed by atoms with E-state index in [9.17, 15) is 9.59 Å². The van der Waals surface area contributed by atoms with Gasteiger partial charge in [0.1, 0.15) is 11.4 Å². The van der Waals surface area contributed by atoms with Gasteiger partial charge in [0.25, 0.3) is 0 Å². The van der Waals surface area contributed by atoms with Crippen molar-refractivity contribution in [3.05, 3.63) is 17.3 Å². The molecule has 10 heteroatoms. The molecular weight excluding hydrogens is 412 g/mol. The molecule has 1 unspecified atom stereocenters. The lowest BCUT2D eigenvalue weighted by Gasteiger charge is -2.33. The summed E-state index contributed by atoms with van der Waals surface area (Å²) in [7, 11) is 3.18.